The zero-order valence-electron chi connectivity index (χ0n) is 27.5. The minimum absolute atomic E-state index is 0.000384. The Hall–Kier alpha value is -4.08. The Bertz CT molecular complexity index is 1570. The summed E-state index contributed by atoms with van der Waals surface area (Å²) in [6.45, 7) is 8.04. The van der Waals surface area contributed by atoms with E-state index in [1.165, 1.54) is 36.2 Å². The van der Waals surface area contributed by atoms with E-state index < -0.39 is 0 Å². The van der Waals surface area contributed by atoms with Crippen LogP contribution in [0.4, 0.5) is 29.0 Å². The Balaban J connectivity index is 1.07. The molecule has 0 radical (unpaired) electrons. The van der Waals surface area contributed by atoms with E-state index in [0.717, 1.165) is 88.4 Å². The van der Waals surface area contributed by atoms with Crippen molar-refractivity contribution in [3.8, 4) is 0 Å². The van der Waals surface area contributed by atoms with Crippen molar-refractivity contribution in [1.29, 1.82) is 0 Å². The van der Waals surface area contributed by atoms with E-state index in [1.807, 2.05) is 6.07 Å². The molecule has 0 spiro atoms. The fourth-order valence-corrected chi connectivity index (χ4v) is 7.83. The lowest BCUT2D eigenvalue weighted by atomic mass is 9.69. The Morgan fingerprint density at radius 2 is 1.17 bits per heavy atom. The number of aromatic nitrogens is 2. The fraction of sp³-hybridized carbons (Fsp3) is 0.395. The number of para-hydroxylation sites is 2. The predicted molar refractivity (Wildman–Crippen MR) is 204 cm³/mol. The van der Waals surface area contributed by atoms with E-state index in [-0.39, 0.29) is 5.41 Å². The molecular weight excluding hydrogens is 636 g/mol. The van der Waals surface area contributed by atoms with Crippen LogP contribution in [0.15, 0.2) is 91.0 Å². The molecule has 4 aromatic rings. The highest BCUT2D eigenvalue weighted by molar-refractivity contribution is 7.80. The average molecular weight is 681 g/mol. The van der Waals surface area contributed by atoms with Crippen molar-refractivity contribution in [3.63, 3.8) is 0 Å². The summed E-state index contributed by atoms with van der Waals surface area (Å²) in [7, 11) is 0. The molecule has 2 saturated heterocycles. The Kier molecular flexibility index (Phi) is 10.1. The van der Waals surface area contributed by atoms with Crippen LogP contribution in [0.3, 0.4) is 0 Å². The first-order chi connectivity index (χ1) is 23.5. The number of benzene rings is 3. The van der Waals surface area contributed by atoms with E-state index in [2.05, 4.69) is 115 Å². The van der Waals surface area contributed by atoms with Crippen LogP contribution >= 0.6 is 23.8 Å². The summed E-state index contributed by atoms with van der Waals surface area (Å²) in [4.78, 5) is 19.7. The molecule has 8 nitrogen and oxygen atoms in total. The van der Waals surface area contributed by atoms with Gasteiger partial charge in [-0.2, -0.15) is 9.97 Å². The molecule has 3 aromatic carbocycles. The average Bonchev–Trinajstić information content (AvgIpc) is 3.15. The molecule has 10 heteroatoms. The summed E-state index contributed by atoms with van der Waals surface area (Å²) >= 11 is 12.3. The lowest BCUT2D eigenvalue weighted by molar-refractivity contribution is 0.292. The third-order valence-corrected chi connectivity index (χ3v) is 10.7. The van der Waals surface area contributed by atoms with Gasteiger partial charge >= 0.3 is 0 Å². The number of hydrogen-bond donors (Lipinski definition) is 2. The number of nitrogens with zero attached hydrogens (tertiary/aromatic N) is 6. The summed E-state index contributed by atoms with van der Waals surface area (Å²) in [5.74, 6) is 2.41. The van der Waals surface area contributed by atoms with Crippen LogP contribution in [0.1, 0.15) is 37.7 Å². The second-order valence-electron chi connectivity index (χ2n) is 13.2. The molecular formula is C38H45ClN8S. The predicted octanol–water partition coefficient (Wildman–Crippen LogP) is 6.97. The lowest BCUT2D eigenvalue weighted by Crippen LogP contribution is -2.48. The molecule has 48 heavy (non-hydrogen) atoms. The number of hydrogen-bond acceptors (Lipinski definition) is 7. The summed E-state index contributed by atoms with van der Waals surface area (Å²) in [6, 6.07) is 31.8. The van der Waals surface area contributed by atoms with Crippen LogP contribution < -0.4 is 30.2 Å². The van der Waals surface area contributed by atoms with Gasteiger partial charge in [0.25, 0.3) is 0 Å². The van der Waals surface area contributed by atoms with E-state index >= 15 is 0 Å². The smallest absolute Gasteiger partial charge is 0.232 e. The minimum Gasteiger partial charge on any atom is -0.368 e. The molecule has 1 aliphatic carbocycles. The molecule has 1 saturated carbocycles. The second kappa shape index (κ2) is 15.0. The second-order valence-corrected chi connectivity index (χ2v) is 14.0. The first-order valence-corrected chi connectivity index (χ1v) is 18.1. The van der Waals surface area contributed by atoms with Gasteiger partial charge < -0.3 is 30.2 Å². The van der Waals surface area contributed by atoms with Crippen molar-refractivity contribution in [1.82, 2.24) is 15.3 Å². The first-order valence-electron chi connectivity index (χ1n) is 17.3. The zero-order valence-corrected chi connectivity index (χ0v) is 29.1. The van der Waals surface area contributed by atoms with Gasteiger partial charge in [-0.1, -0.05) is 79.4 Å². The van der Waals surface area contributed by atoms with Crippen molar-refractivity contribution in [3.05, 3.63) is 102 Å². The number of nitrogens with one attached hydrogen (secondary N) is 2. The van der Waals surface area contributed by atoms with E-state index in [9.17, 15) is 0 Å². The van der Waals surface area contributed by atoms with Crippen LogP contribution in [0.2, 0.25) is 5.02 Å². The van der Waals surface area contributed by atoms with Crippen LogP contribution in [0.25, 0.3) is 0 Å². The maximum atomic E-state index is 6.44. The molecule has 0 bridgehead atoms. The van der Waals surface area contributed by atoms with Gasteiger partial charge in [0.05, 0.1) is 0 Å². The van der Waals surface area contributed by atoms with Gasteiger partial charge in [-0.25, -0.2) is 0 Å². The SMILES string of the molecule is S=C(NCC1(c2cccc(Cl)c2)CCCCC1)Nc1nc(N2CCN(c3ccccc3)CC2)cc(N2CCN(c3ccccc3)CC2)n1. The molecule has 3 fully saturated rings. The number of thiocarbonyl (C=S) groups is 1. The Morgan fingerprint density at radius 1 is 0.646 bits per heavy atom. The van der Waals surface area contributed by atoms with Gasteiger partial charge in [-0.3, -0.25) is 0 Å². The van der Waals surface area contributed by atoms with Gasteiger partial charge in [0.1, 0.15) is 11.6 Å². The number of halogens is 1. The van der Waals surface area contributed by atoms with Crippen LogP contribution in [0.5, 0.6) is 0 Å². The summed E-state index contributed by atoms with van der Waals surface area (Å²) in [6.07, 6.45) is 5.91. The maximum absolute atomic E-state index is 6.44. The Labute approximate surface area is 295 Å². The van der Waals surface area contributed by atoms with Gasteiger partial charge in [0, 0.05) is 86.8 Å². The van der Waals surface area contributed by atoms with Crippen LogP contribution in [-0.4, -0.2) is 74.0 Å². The molecule has 3 heterocycles. The molecule has 0 atom stereocenters. The monoisotopic (exact) mass is 680 g/mol. The summed E-state index contributed by atoms with van der Waals surface area (Å²) in [5.41, 5.74) is 3.82. The van der Waals surface area contributed by atoms with Crippen molar-refractivity contribution in [2.75, 3.05) is 83.8 Å². The molecule has 7 rings (SSSR count). The topological polar surface area (TPSA) is 62.8 Å². The van der Waals surface area contributed by atoms with Gasteiger partial charge in [0.2, 0.25) is 5.95 Å². The summed E-state index contributed by atoms with van der Waals surface area (Å²) in [5, 5.41) is 8.28. The molecule has 1 aromatic heterocycles. The van der Waals surface area contributed by atoms with E-state index in [4.69, 9.17) is 33.8 Å². The highest BCUT2D eigenvalue weighted by atomic mass is 35.5. The van der Waals surface area contributed by atoms with E-state index in [0.29, 0.717) is 11.1 Å². The zero-order chi connectivity index (χ0) is 32.8. The normalized spacial score (nSPS) is 18.0. The molecule has 2 aliphatic heterocycles. The van der Waals surface area contributed by atoms with Crippen molar-refractivity contribution < 1.29 is 0 Å². The quantitative estimate of drug-likeness (QED) is 0.192. The van der Waals surface area contributed by atoms with Crippen LogP contribution in [0, 0.1) is 0 Å². The fourth-order valence-electron chi connectivity index (χ4n) is 7.48. The Morgan fingerprint density at radius 3 is 1.69 bits per heavy atom. The molecule has 2 N–H and O–H groups in total. The highest BCUT2D eigenvalue weighted by Crippen LogP contribution is 2.40. The van der Waals surface area contributed by atoms with Crippen LogP contribution in [-0.2, 0) is 5.41 Å². The van der Waals surface area contributed by atoms with Gasteiger partial charge in [-0.05, 0) is 67.0 Å². The summed E-state index contributed by atoms with van der Waals surface area (Å²) < 4.78 is 0. The van der Waals surface area contributed by atoms with Gasteiger partial charge in [-0.15, -0.1) is 0 Å². The van der Waals surface area contributed by atoms with Crippen molar-refractivity contribution in [2.45, 2.75) is 37.5 Å². The lowest BCUT2D eigenvalue weighted by Gasteiger charge is -2.39. The van der Waals surface area contributed by atoms with E-state index in [1.54, 1.807) is 0 Å². The third kappa shape index (κ3) is 7.63. The maximum Gasteiger partial charge on any atom is 0.232 e. The molecule has 250 valence electrons. The number of piperazine rings is 2. The van der Waals surface area contributed by atoms with Gasteiger partial charge in [0.15, 0.2) is 5.11 Å². The molecule has 0 unspecified atom stereocenters. The number of anilines is 5. The van der Waals surface area contributed by atoms with Crippen molar-refractivity contribution >= 4 is 57.9 Å². The number of rotatable bonds is 8. The minimum atomic E-state index is -0.000384. The first kappa shape index (κ1) is 32.5. The van der Waals surface area contributed by atoms with Crippen molar-refractivity contribution in [2.24, 2.45) is 0 Å². The largest absolute Gasteiger partial charge is 0.368 e. The molecule has 0 amide bonds. The third-order valence-electron chi connectivity index (χ3n) is 10.2. The highest BCUT2D eigenvalue weighted by Gasteiger charge is 2.34. The molecule has 3 aliphatic rings. The standard InChI is InChI=1S/C38H45ClN8S/c39-31-12-10-11-30(27-31)38(17-8-3-9-18-38)29-40-37(48)43-36-41-34(46-23-19-44(20-24-46)32-13-4-1-5-14-32)28-35(42-36)47-25-21-45(22-26-47)33-15-6-2-7-16-33/h1-2,4-7,10-16,27-28H,3,8-9,17-26,29H2,(H2,40,41,42,43,48).